The third-order valence-electron chi connectivity index (χ3n) is 2.13. The van der Waals surface area contributed by atoms with Gasteiger partial charge in [0.2, 0.25) is 0 Å². The van der Waals surface area contributed by atoms with E-state index in [1.165, 1.54) is 0 Å². The molecule has 0 atom stereocenters. The fourth-order valence-corrected chi connectivity index (χ4v) is 1.77. The van der Waals surface area contributed by atoms with Gasteiger partial charge in [0.05, 0.1) is 19.2 Å². The smallest absolute Gasteiger partial charge is 0.141 e. The Balaban J connectivity index is 2.98. The van der Waals surface area contributed by atoms with Crippen molar-refractivity contribution in [2.45, 2.75) is 12.8 Å². The van der Waals surface area contributed by atoms with Crippen LogP contribution in [0.4, 0.5) is 0 Å². The second-order valence-corrected chi connectivity index (χ2v) is 3.88. The van der Waals surface area contributed by atoms with Crippen molar-refractivity contribution in [2.75, 3.05) is 20.1 Å². The number of rotatable bonds is 5. The molecule has 84 valence electrons. The lowest BCUT2D eigenvalue weighted by Gasteiger charge is -2.11. The lowest BCUT2D eigenvalue weighted by atomic mass is 10.1. The SMILES string of the molecule is COc1cc(OC)c(CCCCl)cc1Cl. The Morgan fingerprint density at radius 3 is 2.33 bits per heavy atom. The Morgan fingerprint density at radius 1 is 1.13 bits per heavy atom. The molecule has 0 saturated heterocycles. The number of aryl methyl sites for hydroxylation is 1. The van der Waals surface area contributed by atoms with Crippen molar-refractivity contribution in [3.05, 3.63) is 22.7 Å². The fourth-order valence-electron chi connectivity index (χ4n) is 1.38. The zero-order valence-electron chi connectivity index (χ0n) is 8.85. The minimum atomic E-state index is 0.600. The highest BCUT2D eigenvalue weighted by Crippen LogP contribution is 2.33. The number of ether oxygens (including phenoxy) is 2. The van der Waals surface area contributed by atoms with Gasteiger partial charge in [-0.15, -0.1) is 11.6 Å². The molecule has 0 aliphatic carbocycles. The van der Waals surface area contributed by atoms with E-state index in [-0.39, 0.29) is 0 Å². The van der Waals surface area contributed by atoms with Crippen LogP contribution in [0.2, 0.25) is 5.02 Å². The summed E-state index contributed by atoms with van der Waals surface area (Å²) in [5, 5.41) is 0.600. The predicted molar refractivity (Wildman–Crippen MR) is 63.6 cm³/mol. The molecule has 0 bridgehead atoms. The maximum atomic E-state index is 6.02. The van der Waals surface area contributed by atoms with Crippen molar-refractivity contribution in [1.29, 1.82) is 0 Å². The van der Waals surface area contributed by atoms with Gasteiger partial charge in [0.1, 0.15) is 11.5 Å². The van der Waals surface area contributed by atoms with Gasteiger partial charge >= 0.3 is 0 Å². The van der Waals surface area contributed by atoms with Crippen molar-refractivity contribution < 1.29 is 9.47 Å². The minimum absolute atomic E-state index is 0.600. The van der Waals surface area contributed by atoms with Crippen LogP contribution in [0.25, 0.3) is 0 Å². The molecule has 4 heteroatoms. The van der Waals surface area contributed by atoms with Gasteiger partial charge in [0, 0.05) is 11.9 Å². The third kappa shape index (κ3) is 3.18. The topological polar surface area (TPSA) is 18.5 Å². The van der Waals surface area contributed by atoms with Gasteiger partial charge in [-0.25, -0.2) is 0 Å². The van der Waals surface area contributed by atoms with Crippen LogP contribution in [-0.4, -0.2) is 20.1 Å². The molecular weight excluding hydrogens is 235 g/mol. The second kappa shape index (κ2) is 6.09. The number of benzene rings is 1. The Morgan fingerprint density at radius 2 is 1.80 bits per heavy atom. The van der Waals surface area contributed by atoms with Crippen LogP contribution in [0.15, 0.2) is 12.1 Å². The van der Waals surface area contributed by atoms with Gasteiger partial charge in [0.15, 0.2) is 0 Å². The van der Waals surface area contributed by atoms with Crippen molar-refractivity contribution in [2.24, 2.45) is 0 Å². The highest BCUT2D eigenvalue weighted by molar-refractivity contribution is 6.32. The van der Waals surface area contributed by atoms with Gasteiger partial charge < -0.3 is 9.47 Å². The summed E-state index contributed by atoms with van der Waals surface area (Å²) >= 11 is 11.7. The van der Waals surface area contributed by atoms with E-state index in [9.17, 15) is 0 Å². The van der Waals surface area contributed by atoms with Crippen molar-refractivity contribution in [3.8, 4) is 11.5 Å². The van der Waals surface area contributed by atoms with E-state index in [2.05, 4.69) is 0 Å². The first-order chi connectivity index (χ1) is 7.22. The maximum absolute atomic E-state index is 6.02. The predicted octanol–water partition coefficient (Wildman–Crippen LogP) is 3.53. The number of hydrogen-bond donors (Lipinski definition) is 0. The summed E-state index contributed by atoms with van der Waals surface area (Å²) in [6.45, 7) is 0. The lowest BCUT2D eigenvalue weighted by Crippen LogP contribution is -1.95. The normalized spacial score (nSPS) is 10.1. The molecule has 2 nitrogen and oxygen atoms in total. The summed E-state index contributed by atoms with van der Waals surface area (Å²) in [7, 11) is 3.21. The zero-order valence-corrected chi connectivity index (χ0v) is 10.4. The summed E-state index contributed by atoms with van der Waals surface area (Å²) in [6.07, 6.45) is 1.76. The molecule has 0 unspecified atom stereocenters. The van der Waals surface area contributed by atoms with Gasteiger partial charge in [-0.2, -0.15) is 0 Å². The molecule has 1 aromatic rings. The van der Waals surface area contributed by atoms with Gasteiger partial charge in [-0.3, -0.25) is 0 Å². The number of alkyl halides is 1. The standard InChI is InChI=1S/C11H14Cl2O2/c1-14-10-7-11(15-2)9(13)6-8(10)4-3-5-12/h6-7H,3-5H2,1-2H3. The summed E-state index contributed by atoms with van der Waals surface area (Å²) in [5.41, 5.74) is 1.06. The van der Waals surface area contributed by atoms with Crippen molar-refractivity contribution >= 4 is 23.2 Å². The van der Waals surface area contributed by atoms with Crippen molar-refractivity contribution in [1.82, 2.24) is 0 Å². The largest absolute Gasteiger partial charge is 0.496 e. The molecule has 15 heavy (non-hydrogen) atoms. The number of methoxy groups -OCH3 is 2. The minimum Gasteiger partial charge on any atom is -0.496 e. The molecule has 0 heterocycles. The first-order valence-electron chi connectivity index (χ1n) is 4.69. The molecule has 0 saturated carbocycles. The Bertz CT molecular complexity index is 327. The number of halogens is 2. The monoisotopic (exact) mass is 248 g/mol. The first-order valence-corrected chi connectivity index (χ1v) is 5.60. The van der Waals surface area contributed by atoms with Crippen LogP contribution in [0.1, 0.15) is 12.0 Å². The van der Waals surface area contributed by atoms with Gasteiger partial charge in [-0.05, 0) is 24.5 Å². The zero-order chi connectivity index (χ0) is 11.3. The summed E-state index contributed by atoms with van der Waals surface area (Å²) < 4.78 is 10.4. The van der Waals surface area contributed by atoms with E-state index in [0.717, 1.165) is 24.2 Å². The average molecular weight is 249 g/mol. The molecule has 0 N–H and O–H groups in total. The molecule has 0 radical (unpaired) electrons. The molecule has 0 aliphatic heterocycles. The maximum Gasteiger partial charge on any atom is 0.141 e. The molecule has 0 spiro atoms. The second-order valence-electron chi connectivity index (χ2n) is 3.09. The number of hydrogen-bond acceptors (Lipinski definition) is 2. The molecular formula is C11H14Cl2O2. The van der Waals surface area contributed by atoms with Crippen LogP contribution >= 0.6 is 23.2 Å². The summed E-state index contributed by atoms with van der Waals surface area (Å²) in [4.78, 5) is 0. The Hall–Kier alpha value is -0.600. The Labute approximate surface area is 100 Å². The summed E-state index contributed by atoms with van der Waals surface area (Å²) in [6, 6.07) is 3.66. The molecule has 1 rings (SSSR count). The van der Waals surface area contributed by atoms with E-state index in [1.54, 1.807) is 20.3 Å². The first kappa shape index (κ1) is 12.5. The third-order valence-corrected chi connectivity index (χ3v) is 2.70. The lowest BCUT2D eigenvalue weighted by molar-refractivity contribution is 0.391. The highest BCUT2D eigenvalue weighted by atomic mass is 35.5. The van der Waals surface area contributed by atoms with Crippen LogP contribution < -0.4 is 9.47 Å². The molecule has 0 fully saturated rings. The van der Waals surface area contributed by atoms with Crippen LogP contribution in [0.5, 0.6) is 11.5 Å². The van der Waals surface area contributed by atoms with E-state index in [4.69, 9.17) is 32.7 Å². The molecule has 0 aliphatic rings. The van der Waals surface area contributed by atoms with Crippen LogP contribution in [0, 0.1) is 0 Å². The van der Waals surface area contributed by atoms with Gasteiger partial charge in [0.25, 0.3) is 0 Å². The molecule has 0 aromatic heterocycles. The quantitative estimate of drug-likeness (QED) is 0.743. The van der Waals surface area contributed by atoms with Crippen LogP contribution in [-0.2, 0) is 6.42 Å². The molecule has 1 aromatic carbocycles. The van der Waals surface area contributed by atoms with Gasteiger partial charge in [-0.1, -0.05) is 11.6 Å². The van der Waals surface area contributed by atoms with Crippen LogP contribution in [0.3, 0.4) is 0 Å². The molecule has 0 amide bonds. The van der Waals surface area contributed by atoms with E-state index in [0.29, 0.717) is 16.7 Å². The fraction of sp³-hybridized carbons (Fsp3) is 0.455. The highest BCUT2D eigenvalue weighted by Gasteiger charge is 2.09. The summed E-state index contributed by atoms with van der Waals surface area (Å²) in [5.74, 6) is 2.05. The van der Waals surface area contributed by atoms with E-state index >= 15 is 0 Å². The van der Waals surface area contributed by atoms with E-state index in [1.807, 2.05) is 6.07 Å². The Kier molecular flexibility index (Phi) is 5.06. The van der Waals surface area contributed by atoms with E-state index < -0.39 is 0 Å². The average Bonchev–Trinajstić information content (AvgIpc) is 2.26. The van der Waals surface area contributed by atoms with Crippen molar-refractivity contribution in [3.63, 3.8) is 0 Å².